The Balaban J connectivity index is 1.59. The smallest absolute Gasteiger partial charge is 0.309 e. The van der Waals surface area contributed by atoms with Crippen LogP contribution in [0.3, 0.4) is 0 Å². The minimum atomic E-state index is -1.60. The Hall–Kier alpha value is -0.870. The van der Waals surface area contributed by atoms with Crippen molar-refractivity contribution in [3.8, 4) is 0 Å². The quantitative estimate of drug-likeness (QED) is 0.293. The van der Waals surface area contributed by atoms with Gasteiger partial charge in [-0.3, -0.25) is 4.79 Å². The zero-order valence-electron chi connectivity index (χ0n) is 22.7. The van der Waals surface area contributed by atoms with Crippen molar-refractivity contribution in [2.45, 2.75) is 125 Å². The summed E-state index contributed by atoms with van der Waals surface area (Å²) in [7, 11) is 0. The molecule has 5 aliphatic rings. The maximum absolute atomic E-state index is 12.3. The predicted octanol–water partition coefficient (Wildman–Crippen LogP) is 6.70. The molecule has 0 radical (unpaired) electrons. The molecule has 192 valence electrons. The molecule has 0 aliphatic heterocycles. The molecule has 0 bridgehead atoms. The molecule has 4 heteroatoms. The molecule has 5 rings (SSSR count). The van der Waals surface area contributed by atoms with E-state index < -0.39 is 22.6 Å². The number of aliphatic hydroxyl groups is 2. The molecule has 0 saturated heterocycles. The van der Waals surface area contributed by atoms with Crippen LogP contribution in [0.15, 0.2) is 11.1 Å². The van der Waals surface area contributed by atoms with Gasteiger partial charge < -0.3 is 15.3 Å². The number of carboxylic acid groups (broad SMARTS) is 1. The molecule has 0 aromatic heterocycles. The molecule has 3 N–H and O–H groups in total. The van der Waals surface area contributed by atoms with E-state index in [9.17, 15) is 20.1 Å². The van der Waals surface area contributed by atoms with Gasteiger partial charge in [0.2, 0.25) is 0 Å². The van der Waals surface area contributed by atoms with Crippen molar-refractivity contribution in [1.82, 2.24) is 0 Å². The van der Waals surface area contributed by atoms with Gasteiger partial charge in [0.1, 0.15) is 0 Å². The molecule has 5 aliphatic carbocycles. The third-order valence-corrected chi connectivity index (χ3v) is 13.4. The van der Waals surface area contributed by atoms with Gasteiger partial charge in [-0.2, -0.15) is 0 Å². The summed E-state index contributed by atoms with van der Waals surface area (Å²) in [6.07, 6.45) is 10.6. The lowest BCUT2D eigenvalue weighted by Gasteiger charge is -2.69. The summed E-state index contributed by atoms with van der Waals surface area (Å²) in [5, 5.41) is 31.9. The molecule has 0 amide bonds. The molecular weight excluding hydrogens is 424 g/mol. The maximum Gasteiger partial charge on any atom is 0.309 e. The van der Waals surface area contributed by atoms with Gasteiger partial charge in [-0.15, -0.1) is 0 Å². The number of allylic oxidation sites excluding steroid dienone is 2. The molecule has 0 aromatic carbocycles. The van der Waals surface area contributed by atoms with Gasteiger partial charge in [0.15, 0.2) is 5.79 Å². The number of aliphatic carboxylic acids is 1. The molecule has 34 heavy (non-hydrogen) atoms. The van der Waals surface area contributed by atoms with Crippen molar-refractivity contribution in [3.63, 3.8) is 0 Å². The first-order valence-corrected chi connectivity index (χ1v) is 13.9. The van der Waals surface area contributed by atoms with E-state index >= 15 is 0 Å². The number of hydrogen-bond acceptors (Lipinski definition) is 3. The topological polar surface area (TPSA) is 77.8 Å². The lowest BCUT2D eigenvalue weighted by atomic mass is 9.35. The summed E-state index contributed by atoms with van der Waals surface area (Å²) in [5.41, 5.74) is 2.65. The Bertz CT molecular complexity index is 947. The summed E-state index contributed by atoms with van der Waals surface area (Å²) in [6, 6.07) is 0. The third kappa shape index (κ3) is 2.82. The highest BCUT2D eigenvalue weighted by molar-refractivity contribution is 5.74. The zero-order valence-corrected chi connectivity index (χ0v) is 22.7. The summed E-state index contributed by atoms with van der Waals surface area (Å²) in [6.45, 7) is 16.0. The predicted molar refractivity (Wildman–Crippen MR) is 134 cm³/mol. The lowest BCUT2D eigenvalue weighted by molar-refractivity contribution is -0.287. The van der Waals surface area contributed by atoms with Gasteiger partial charge in [0.05, 0.1) is 5.41 Å². The molecule has 7 unspecified atom stereocenters. The molecule has 3 saturated carbocycles. The summed E-state index contributed by atoms with van der Waals surface area (Å²) < 4.78 is 0. The largest absolute Gasteiger partial charge is 0.481 e. The fourth-order valence-corrected chi connectivity index (χ4v) is 10.4. The monoisotopic (exact) mass is 472 g/mol. The van der Waals surface area contributed by atoms with Crippen LogP contribution in [0.5, 0.6) is 0 Å². The van der Waals surface area contributed by atoms with E-state index in [4.69, 9.17) is 0 Å². The SMILES string of the molecule is CC1(C(=O)O)CCC2(C)CCC3(C)C4=C(CCC3(C)C2C1)C1(C)CCC(O)(O)C(C)(C)C1CC4. The van der Waals surface area contributed by atoms with Gasteiger partial charge in [0.25, 0.3) is 0 Å². The van der Waals surface area contributed by atoms with E-state index in [2.05, 4.69) is 41.5 Å². The summed E-state index contributed by atoms with van der Waals surface area (Å²) >= 11 is 0. The highest BCUT2D eigenvalue weighted by Gasteiger charge is 2.67. The molecular formula is C30H48O4. The van der Waals surface area contributed by atoms with Crippen molar-refractivity contribution in [1.29, 1.82) is 0 Å². The van der Waals surface area contributed by atoms with E-state index in [0.717, 1.165) is 51.4 Å². The van der Waals surface area contributed by atoms with Crippen molar-refractivity contribution < 1.29 is 20.1 Å². The first-order chi connectivity index (χ1) is 15.5. The Labute approximate surface area is 206 Å². The van der Waals surface area contributed by atoms with E-state index in [1.54, 1.807) is 11.1 Å². The number of carbonyl (C=O) groups is 1. The van der Waals surface area contributed by atoms with Gasteiger partial charge in [0, 0.05) is 11.8 Å². The molecule has 3 fully saturated rings. The lowest BCUT2D eigenvalue weighted by Crippen LogP contribution is -2.63. The Morgan fingerprint density at radius 3 is 2.06 bits per heavy atom. The van der Waals surface area contributed by atoms with E-state index in [0.29, 0.717) is 12.3 Å². The Morgan fingerprint density at radius 2 is 1.41 bits per heavy atom. The Morgan fingerprint density at radius 1 is 0.765 bits per heavy atom. The minimum Gasteiger partial charge on any atom is -0.481 e. The zero-order chi connectivity index (χ0) is 25.2. The summed E-state index contributed by atoms with van der Waals surface area (Å²) in [5.74, 6) is -1.51. The van der Waals surface area contributed by atoms with Crippen LogP contribution in [-0.4, -0.2) is 27.1 Å². The summed E-state index contributed by atoms with van der Waals surface area (Å²) in [4.78, 5) is 12.3. The number of rotatable bonds is 1. The van der Waals surface area contributed by atoms with Crippen LogP contribution in [-0.2, 0) is 4.79 Å². The van der Waals surface area contributed by atoms with Crippen LogP contribution in [0.1, 0.15) is 119 Å². The van der Waals surface area contributed by atoms with Crippen LogP contribution in [0.2, 0.25) is 0 Å². The number of carboxylic acids is 1. The molecule has 0 spiro atoms. The average Bonchev–Trinajstić information content (AvgIpc) is 2.74. The normalized spacial score (nSPS) is 51.6. The van der Waals surface area contributed by atoms with Crippen molar-refractivity contribution >= 4 is 5.97 Å². The minimum absolute atomic E-state index is 0.0271. The molecule has 4 nitrogen and oxygen atoms in total. The Kier molecular flexibility index (Phi) is 5.04. The van der Waals surface area contributed by atoms with Gasteiger partial charge >= 0.3 is 5.97 Å². The van der Waals surface area contributed by atoms with Crippen molar-refractivity contribution in [2.24, 2.45) is 44.3 Å². The second kappa shape index (κ2) is 6.91. The highest BCUT2D eigenvalue weighted by Crippen LogP contribution is 2.75. The van der Waals surface area contributed by atoms with Crippen LogP contribution in [0.25, 0.3) is 0 Å². The fourth-order valence-electron chi connectivity index (χ4n) is 10.4. The second-order valence-electron chi connectivity index (χ2n) is 15.0. The second-order valence-corrected chi connectivity index (χ2v) is 15.0. The molecule has 7 atom stereocenters. The van der Waals surface area contributed by atoms with E-state index in [-0.39, 0.29) is 27.6 Å². The number of hydrogen-bond donors (Lipinski definition) is 3. The maximum atomic E-state index is 12.3. The van der Waals surface area contributed by atoms with Crippen LogP contribution < -0.4 is 0 Å². The average molecular weight is 473 g/mol. The van der Waals surface area contributed by atoms with Gasteiger partial charge in [-0.25, -0.2) is 0 Å². The van der Waals surface area contributed by atoms with Gasteiger partial charge in [-0.05, 0) is 105 Å². The van der Waals surface area contributed by atoms with Crippen molar-refractivity contribution in [2.75, 3.05) is 0 Å². The third-order valence-electron chi connectivity index (χ3n) is 13.4. The molecule has 0 heterocycles. The van der Waals surface area contributed by atoms with Gasteiger partial charge in [-0.1, -0.05) is 52.7 Å². The van der Waals surface area contributed by atoms with E-state index in [1.165, 1.54) is 12.8 Å². The first-order valence-electron chi connectivity index (χ1n) is 13.9. The van der Waals surface area contributed by atoms with Crippen LogP contribution >= 0.6 is 0 Å². The van der Waals surface area contributed by atoms with E-state index in [1.807, 2.05) is 6.92 Å². The first kappa shape index (κ1) is 24.8. The standard InChI is InChI=1S/C30H48O4/c1-24(2)21-9-8-20-19(27(21,5)15-17-30(24,33)34)10-11-29(7)22-18-26(4,23(31)32)13-12-25(22,3)14-16-28(20,29)6/h21-22,33-34H,8-18H2,1-7H3,(H,31,32). The van der Waals surface area contributed by atoms with Crippen LogP contribution in [0.4, 0.5) is 0 Å². The fraction of sp³-hybridized carbons (Fsp3) is 0.900. The highest BCUT2D eigenvalue weighted by atomic mass is 16.5. The van der Waals surface area contributed by atoms with Crippen LogP contribution in [0, 0.1) is 44.3 Å². The van der Waals surface area contributed by atoms with Crippen molar-refractivity contribution in [3.05, 3.63) is 11.1 Å². The molecule has 0 aromatic rings. The number of fused-ring (bicyclic) bond motifs is 6.